The van der Waals surface area contributed by atoms with Crippen molar-refractivity contribution in [2.75, 3.05) is 45.2 Å². The van der Waals surface area contributed by atoms with Crippen LogP contribution < -0.4 is 10.6 Å². The maximum Gasteiger partial charge on any atom is 0.191 e. The molecule has 1 aromatic rings. The van der Waals surface area contributed by atoms with Gasteiger partial charge in [-0.25, -0.2) is 0 Å². The largest absolute Gasteiger partial charge is 0.379 e. The molecular formula is C19H32IN3O3S. The van der Waals surface area contributed by atoms with E-state index in [1.165, 1.54) is 0 Å². The molecule has 1 aliphatic heterocycles. The topological polar surface area (TPSA) is 72.0 Å². The fraction of sp³-hybridized carbons (Fsp3) is 0.632. The second-order valence-corrected chi connectivity index (χ2v) is 7.75. The first-order valence-corrected chi connectivity index (χ1v) is 10.9. The van der Waals surface area contributed by atoms with E-state index in [0.717, 1.165) is 37.5 Å². The lowest BCUT2D eigenvalue weighted by Crippen LogP contribution is -2.39. The molecule has 0 amide bonds. The van der Waals surface area contributed by atoms with Gasteiger partial charge in [0.25, 0.3) is 0 Å². The van der Waals surface area contributed by atoms with Gasteiger partial charge in [0.1, 0.15) is 0 Å². The van der Waals surface area contributed by atoms with E-state index in [1.54, 1.807) is 0 Å². The summed E-state index contributed by atoms with van der Waals surface area (Å²) in [6, 6.07) is 9.95. The molecule has 0 aromatic heterocycles. The van der Waals surface area contributed by atoms with Gasteiger partial charge in [0.15, 0.2) is 5.96 Å². The molecule has 0 spiro atoms. The third-order valence-corrected chi connectivity index (χ3v) is 5.27. The van der Waals surface area contributed by atoms with Crippen molar-refractivity contribution in [2.45, 2.75) is 31.6 Å². The number of aliphatic imine (C=N–C) groups is 1. The Bertz CT molecular complexity index is 554. The SMILES string of the molecule is CCNC(=NCCCOC1CCOC1)NCCS(=O)Cc1ccccc1.I. The van der Waals surface area contributed by atoms with Crippen molar-refractivity contribution in [1.82, 2.24) is 10.6 Å². The summed E-state index contributed by atoms with van der Waals surface area (Å²) in [5, 5.41) is 6.47. The first-order chi connectivity index (χ1) is 12.8. The van der Waals surface area contributed by atoms with Gasteiger partial charge >= 0.3 is 0 Å². The Morgan fingerprint density at radius 3 is 2.85 bits per heavy atom. The van der Waals surface area contributed by atoms with E-state index in [1.807, 2.05) is 37.3 Å². The molecule has 0 bridgehead atoms. The van der Waals surface area contributed by atoms with Crippen molar-refractivity contribution in [3.05, 3.63) is 35.9 Å². The van der Waals surface area contributed by atoms with E-state index in [2.05, 4.69) is 15.6 Å². The number of guanidine groups is 1. The number of rotatable bonds is 11. The first kappa shape index (κ1) is 24.3. The second-order valence-electron chi connectivity index (χ2n) is 6.17. The fourth-order valence-corrected chi connectivity index (χ4v) is 3.65. The Hall–Kier alpha value is -0.710. The fourth-order valence-electron chi connectivity index (χ4n) is 2.61. The van der Waals surface area contributed by atoms with Gasteiger partial charge in [0.2, 0.25) is 0 Å². The maximum absolute atomic E-state index is 12.2. The first-order valence-electron chi connectivity index (χ1n) is 9.38. The molecule has 0 aliphatic carbocycles. The average molecular weight is 509 g/mol. The number of hydrogen-bond acceptors (Lipinski definition) is 4. The van der Waals surface area contributed by atoms with E-state index >= 15 is 0 Å². The maximum atomic E-state index is 12.2. The molecule has 6 nitrogen and oxygen atoms in total. The Kier molecular flexibility index (Phi) is 13.7. The summed E-state index contributed by atoms with van der Waals surface area (Å²) in [6.45, 7) is 6.41. The normalized spacial score (nSPS) is 18.0. The van der Waals surface area contributed by atoms with Gasteiger partial charge in [-0.1, -0.05) is 30.3 Å². The Labute approximate surface area is 182 Å². The highest BCUT2D eigenvalue weighted by Gasteiger charge is 2.15. The van der Waals surface area contributed by atoms with Crippen LogP contribution in [0.15, 0.2) is 35.3 Å². The van der Waals surface area contributed by atoms with Crippen molar-refractivity contribution >= 4 is 40.7 Å². The third kappa shape index (κ3) is 11.0. The highest BCUT2D eigenvalue weighted by molar-refractivity contribution is 14.0. The number of nitrogens with one attached hydrogen (secondary N) is 2. The minimum atomic E-state index is -0.879. The van der Waals surface area contributed by atoms with Gasteiger partial charge in [0, 0.05) is 55.2 Å². The van der Waals surface area contributed by atoms with E-state index in [4.69, 9.17) is 9.47 Å². The zero-order valence-corrected chi connectivity index (χ0v) is 19.2. The van der Waals surface area contributed by atoms with Crippen LogP contribution in [0.4, 0.5) is 0 Å². The van der Waals surface area contributed by atoms with Crippen molar-refractivity contribution in [2.24, 2.45) is 4.99 Å². The number of halogens is 1. The van der Waals surface area contributed by atoms with Gasteiger partial charge < -0.3 is 20.1 Å². The van der Waals surface area contributed by atoms with Gasteiger partial charge in [-0.15, -0.1) is 24.0 Å². The molecule has 1 saturated heterocycles. The monoisotopic (exact) mass is 509 g/mol. The summed E-state index contributed by atoms with van der Waals surface area (Å²) < 4.78 is 23.2. The second kappa shape index (κ2) is 15.2. The predicted molar refractivity (Wildman–Crippen MR) is 122 cm³/mol. The minimum absolute atomic E-state index is 0. The molecule has 2 unspecified atom stereocenters. The van der Waals surface area contributed by atoms with Crippen LogP contribution in [-0.4, -0.2) is 61.5 Å². The zero-order chi connectivity index (χ0) is 18.5. The van der Waals surface area contributed by atoms with Gasteiger partial charge in [-0.2, -0.15) is 0 Å². The summed E-state index contributed by atoms with van der Waals surface area (Å²) in [7, 11) is -0.879. The molecule has 0 saturated carbocycles. The number of benzene rings is 1. The summed E-state index contributed by atoms with van der Waals surface area (Å²) in [4.78, 5) is 4.54. The lowest BCUT2D eigenvalue weighted by molar-refractivity contribution is 0.0424. The van der Waals surface area contributed by atoms with Gasteiger partial charge in [-0.3, -0.25) is 9.20 Å². The molecule has 1 heterocycles. The van der Waals surface area contributed by atoms with Crippen molar-refractivity contribution in [1.29, 1.82) is 0 Å². The van der Waals surface area contributed by atoms with Crippen molar-refractivity contribution < 1.29 is 13.7 Å². The summed E-state index contributed by atoms with van der Waals surface area (Å²) in [5.74, 6) is 1.97. The highest BCUT2D eigenvalue weighted by Crippen LogP contribution is 2.08. The molecule has 8 heteroatoms. The Morgan fingerprint density at radius 1 is 1.33 bits per heavy atom. The molecular weight excluding hydrogens is 477 g/mol. The van der Waals surface area contributed by atoms with E-state index < -0.39 is 10.8 Å². The van der Waals surface area contributed by atoms with Crippen molar-refractivity contribution in [3.63, 3.8) is 0 Å². The van der Waals surface area contributed by atoms with E-state index in [0.29, 0.717) is 37.8 Å². The predicted octanol–water partition coefficient (Wildman–Crippen LogP) is 2.30. The highest BCUT2D eigenvalue weighted by atomic mass is 127. The minimum Gasteiger partial charge on any atom is -0.379 e. The third-order valence-electron chi connectivity index (χ3n) is 3.95. The zero-order valence-electron chi connectivity index (χ0n) is 16.0. The van der Waals surface area contributed by atoms with Gasteiger partial charge in [0.05, 0.1) is 12.7 Å². The number of ether oxygens (including phenoxy) is 2. The van der Waals surface area contributed by atoms with Gasteiger partial charge in [-0.05, 0) is 25.3 Å². The standard InChI is InChI=1S/C19H31N3O3S.HI/c1-2-20-19(21-10-6-12-25-18-9-13-24-15-18)22-11-14-26(23)16-17-7-4-3-5-8-17;/h3-5,7-8,18H,2,6,9-16H2,1H3,(H2,20,21,22);1H. The van der Waals surface area contributed by atoms with Crippen molar-refractivity contribution in [3.8, 4) is 0 Å². The molecule has 1 fully saturated rings. The Balaban J connectivity index is 0.00000364. The van der Waals surface area contributed by atoms with Crippen LogP contribution in [0, 0.1) is 0 Å². The van der Waals surface area contributed by atoms with Crippen LogP contribution >= 0.6 is 24.0 Å². The van der Waals surface area contributed by atoms with Crippen LogP contribution in [-0.2, 0) is 26.0 Å². The number of hydrogen-bond donors (Lipinski definition) is 2. The number of nitrogens with zero attached hydrogens (tertiary/aromatic N) is 1. The molecule has 154 valence electrons. The smallest absolute Gasteiger partial charge is 0.191 e. The average Bonchev–Trinajstić information content (AvgIpc) is 3.15. The van der Waals surface area contributed by atoms with Crippen LogP contribution in [0.3, 0.4) is 0 Å². The molecule has 2 atom stereocenters. The lowest BCUT2D eigenvalue weighted by atomic mass is 10.2. The summed E-state index contributed by atoms with van der Waals surface area (Å²) >= 11 is 0. The van der Waals surface area contributed by atoms with Crippen LogP contribution in [0.2, 0.25) is 0 Å². The summed E-state index contributed by atoms with van der Waals surface area (Å²) in [5.41, 5.74) is 1.11. The van der Waals surface area contributed by atoms with E-state index in [-0.39, 0.29) is 30.1 Å². The Morgan fingerprint density at radius 2 is 2.15 bits per heavy atom. The molecule has 2 N–H and O–H groups in total. The summed E-state index contributed by atoms with van der Waals surface area (Å²) in [6.07, 6.45) is 2.13. The molecule has 0 radical (unpaired) electrons. The van der Waals surface area contributed by atoms with Crippen LogP contribution in [0.1, 0.15) is 25.3 Å². The van der Waals surface area contributed by atoms with E-state index in [9.17, 15) is 4.21 Å². The molecule has 2 rings (SSSR count). The quantitative estimate of drug-likeness (QED) is 0.207. The molecule has 1 aromatic carbocycles. The molecule has 1 aliphatic rings. The van der Waals surface area contributed by atoms with Crippen LogP contribution in [0.25, 0.3) is 0 Å². The van der Waals surface area contributed by atoms with Crippen LogP contribution in [0.5, 0.6) is 0 Å². The molecule has 27 heavy (non-hydrogen) atoms. The lowest BCUT2D eigenvalue weighted by Gasteiger charge is -2.12.